The summed E-state index contributed by atoms with van der Waals surface area (Å²) in [5.41, 5.74) is 2.75. The quantitative estimate of drug-likeness (QED) is 0.758. The van der Waals surface area contributed by atoms with Crippen LogP contribution in [0.3, 0.4) is 0 Å². The van der Waals surface area contributed by atoms with Gasteiger partial charge in [-0.25, -0.2) is 0 Å². The fraction of sp³-hybridized carbons (Fsp3) is 0.455. The van der Waals surface area contributed by atoms with Crippen molar-refractivity contribution in [3.05, 3.63) is 28.3 Å². The summed E-state index contributed by atoms with van der Waals surface area (Å²) >= 11 is 6.10. The predicted octanol–water partition coefficient (Wildman–Crippen LogP) is 2.38. The highest BCUT2D eigenvalue weighted by molar-refractivity contribution is 6.32. The molecule has 2 aliphatic rings. The summed E-state index contributed by atoms with van der Waals surface area (Å²) < 4.78 is 5.64. The van der Waals surface area contributed by atoms with Gasteiger partial charge >= 0.3 is 0 Å². The predicted molar refractivity (Wildman–Crippen MR) is 63.5 cm³/mol. The Labute approximate surface area is 100 Å². The second-order valence-electron chi connectivity index (χ2n) is 3.91. The van der Waals surface area contributed by atoms with Crippen molar-refractivity contribution in [2.24, 2.45) is 0 Å². The highest BCUT2D eigenvalue weighted by Crippen LogP contribution is 2.42. The Bertz CT molecular complexity index is 381. The summed E-state index contributed by atoms with van der Waals surface area (Å²) in [5.74, 6) is 1.43. The molecular weight excluding hydrogens is 233 g/mol. The van der Waals surface area contributed by atoms with Crippen molar-refractivity contribution in [3.63, 3.8) is 0 Å². The van der Waals surface area contributed by atoms with E-state index in [2.05, 4.69) is 11.4 Å². The van der Waals surface area contributed by atoms with Crippen molar-refractivity contribution >= 4 is 24.0 Å². The number of hydrogen-bond donors (Lipinski definition) is 1. The van der Waals surface area contributed by atoms with Crippen LogP contribution in [0.1, 0.15) is 17.0 Å². The van der Waals surface area contributed by atoms with Crippen LogP contribution >= 0.6 is 24.0 Å². The van der Waals surface area contributed by atoms with E-state index in [-0.39, 0.29) is 12.4 Å². The van der Waals surface area contributed by atoms with Gasteiger partial charge < -0.3 is 10.1 Å². The SMILES string of the molecule is Cl.Clc1ccc2c3c1OCC3CNCC2. The van der Waals surface area contributed by atoms with Crippen molar-refractivity contribution in [2.45, 2.75) is 12.3 Å². The van der Waals surface area contributed by atoms with Crippen LogP contribution in [0.25, 0.3) is 0 Å². The fourth-order valence-corrected chi connectivity index (χ4v) is 2.57. The molecule has 1 atom stereocenters. The zero-order valence-corrected chi connectivity index (χ0v) is 9.83. The van der Waals surface area contributed by atoms with Gasteiger partial charge in [-0.3, -0.25) is 0 Å². The van der Waals surface area contributed by atoms with Gasteiger partial charge in [0, 0.05) is 18.0 Å². The zero-order valence-electron chi connectivity index (χ0n) is 8.25. The minimum absolute atomic E-state index is 0. The zero-order chi connectivity index (χ0) is 9.54. The van der Waals surface area contributed by atoms with Crippen LogP contribution in [0.2, 0.25) is 5.02 Å². The minimum Gasteiger partial charge on any atom is -0.491 e. The van der Waals surface area contributed by atoms with E-state index in [1.165, 1.54) is 11.1 Å². The summed E-state index contributed by atoms with van der Waals surface area (Å²) in [4.78, 5) is 0. The first-order valence-corrected chi connectivity index (χ1v) is 5.39. The van der Waals surface area contributed by atoms with Crippen LogP contribution in [0.15, 0.2) is 12.1 Å². The first kappa shape index (κ1) is 11.1. The van der Waals surface area contributed by atoms with Crippen LogP contribution in [0, 0.1) is 0 Å². The molecule has 3 rings (SSSR count). The molecule has 0 saturated carbocycles. The molecular formula is C11H13Cl2NO. The topological polar surface area (TPSA) is 21.3 Å². The summed E-state index contributed by atoms with van der Waals surface area (Å²) in [6.07, 6.45) is 1.08. The lowest BCUT2D eigenvalue weighted by atomic mass is 9.96. The number of benzene rings is 1. The smallest absolute Gasteiger partial charge is 0.141 e. The largest absolute Gasteiger partial charge is 0.491 e. The maximum Gasteiger partial charge on any atom is 0.141 e. The van der Waals surface area contributed by atoms with E-state index in [4.69, 9.17) is 16.3 Å². The summed E-state index contributed by atoms with van der Waals surface area (Å²) in [7, 11) is 0. The maximum absolute atomic E-state index is 6.10. The molecule has 15 heavy (non-hydrogen) atoms. The molecule has 1 aromatic rings. The number of hydrogen-bond acceptors (Lipinski definition) is 2. The first-order chi connectivity index (χ1) is 6.86. The number of ether oxygens (including phenoxy) is 1. The van der Waals surface area contributed by atoms with E-state index in [1.54, 1.807) is 0 Å². The van der Waals surface area contributed by atoms with Gasteiger partial charge in [0.05, 0.1) is 11.6 Å². The van der Waals surface area contributed by atoms with Gasteiger partial charge in [-0.05, 0) is 24.6 Å². The minimum atomic E-state index is 0. The molecule has 0 amide bonds. The van der Waals surface area contributed by atoms with Gasteiger partial charge in [0.1, 0.15) is 5.75 Å². The summed E-state index contributed by atoms with van der Waals surface area (Å²) in [6.45, 7) is 2.85. The Morgan fingerprint density at radius 3 is 3.13 bits per heavy atom. The van der Waals surface area contributed by atoms with Crippen LogP contribution in [-0.4, -0.2) is 19.7 Å². The lowest BCUT2D eigenvalue weighted by Gasteiger charge is -2.07. The van der Waals surface area contributed by atoms with E-state index in [1.807, 2.05) is 6.07 Å². The van der Waals surface area contributed by atoms with Crippen LogP contribution < -0.4 is 10.1 Å². The molecule has 0 fully saturated rings. The van der Waals surface area contributed by atoms with Crippen LogP contribution in [0.5, 0.6) is 5.75 Å². The van der Waals surface area contributed by atoms with E-state index in [9.17, 15) is 0 Å². The van der Waals surface area contributed by atoms with Gasteiger partial charge in [0.25, 0.3) is 0 Å². The van der Waals surface area contributed by atoms with Crippen molar-refractivity contribution in [3.8, 4) is 5.75 Å². The Morgan fingerprint density at radius 1 is 1.40 bits per heavy atom. The molecule has 4 heteroatoms. The third-order valence-corrected chi connectivity index (χ3v) is 3.33. The molecule has 0 aromatic heterocycles. The van der Waals surface area contributed by atoms with Crippen LogP contribution in [0.4, 0.5) is 0 Å². The van der Waals surface area contributed by atoms with E-state index < -0.39 is 0 Å². The number of halogens is 2. The standard InChI is InChI=1S/C11H12ClNO.ClH/c12-9-2-1-7-3-4-13-5-8-6-14-11(9)10(7)8;/h1-2,8,13H,3-6H2;1H. The summed E-state index contributed by atoms with van der Waals surface area (Å²) in [5, 5.41) is 4.18. The van der Waals surface area contributed by atoms with E-state index in [0.717, 1.165) is 36.9 Å². The molecule has 0 saturated heterocycles. The van der Waals surface area contributed by atoms with Crippen molar-refractivity contribution < 1.29 is 4.74 Å². The van der Waals surface area contributed by atoms with E-state index in [0.29, 0.717) is 5.92 Å². The molecule has 2 heterocycles. The first-order valence-electron chi connectivity index (χ1n) is 5.01. The normalized spacial score (nSPS) is 22.3. The second kappa shape index (κ2) is 4.20. The number of rotatable bonds is 0. The van der Waals surface area contributed by atoms with Gasteiger partial charge in [-0.15, -0.1) is 12.4 Å². The van der Waals surface area contributed by atoms with Gasteiger partial charge in [-0.2, -0.15) is 0 Å². The average Bonchev–Trinajstić information content (AvgIpc) is 2.51. The third-order valence-electron chi connectivity index (χ3n) is 3.04. The highest BCUT2D eigenvalue weighted by atomic mass is 35.5. The molecule has 0 bridgehead atoms. The Kier molecular flexibility index (Phi) is 3.10. The molecule has 2 nitrogen and oxygen atoms in total. The van der Waals surface area contributed by atoms with Crippen molar-refractivity contribution in [1.82, 2.24) is 5.32 Å². The Hall–Kier alpha value is -0.440. The molecule has 0 spiro atoms. The molecule has 2 aliphatic heterocycles. The molecule has 0 radical (unpaired) electrons. The maximum atomic E-state index is 6.10. The van der Waals surface area contributed by atoms with Crippen LogP contribution in [-0.2, 0) is 6.42 Å². The molecule has 0 aliphatic carbocycles. The monoisotopic (exact) mass is 245 g/mol. The van der Waals surface area contributed by atoms with Gasteiger partial charge in [0.2, 0.25) is 0 Å². The number of nitrogens with one attached hydrogen (secondary N) is 1. The van der Waals surface area contributed by atoms with Gasteiger partial charge in [0.15, 0.2) is 0 Å². The average molecular weight is 246 g/mol. The fourth-order valence-electron chi connectivity index (χ4n) is 2.35. The van der Waals surface area contributed by atoms with Crippen molar-refractivity contribution in [2.75, 3.05) is 19.7 Å². The molecule has 82 valence electrons. The third kappa shape index (κ3) is 1.71. The lowest BCUT2D eigenvalue weighted by Crippen LogP contribution is -2.21. The van der Waals surface area contributed by atoms with Gasteiger partial charge in [-0.1, -0.05) is 17.7 Å². The van der Waals surface area contributed by atoms with Crippen molar-refractivity contribution in [1.29, 1.82) is 0 Å². The molecule has 1 unspecified atom stereocenters. The summed E-state index contributed by atoms with van der Waals surface area (Å²) in [6, 6.07) is 4.08. The second-order valence-corrected chi connectivity index (χ2v) is 4.32. The van der Waals surface area contributed by atoms with E-state index >= 15 is 0 Å². The molecule has 1 aromatic carbocycles. The Morgan fingerprint density at radius 2 is 2.27 bits per heavy atom. The Balaban J connectivity index is 0.000000853. The highest BCUT2D eigenvalue weighted by Gasteiger charge is 2.30. The molecule has 1 N–H and O–H groups in total. The lowest BCUT2D eigenvalue weighted by molar-refractivity contribution is 0.327.